The smallest absolute Gasteiger partial charge is 0.305 e. The molecule has 1 aromatic carbocycles. The van der Waals surface area contributed by atoms with Crippen LogP contribution in [0.25, 0.3) is 10.9 Å². The van der Waals surface area contributed by atoms with Crippen molar-refractivity contribution in [2.75, 3.05) is 26.6 Å². The van der Waals surface area contributed by atoms with Gasteiger partial charge in [-0.05, 0) is 12.5 Å². The van der Waals surface area contributed by atoms with Crippen molar-refractivity contribution in [2.24, 2.45) is 0 Å². The highest BCUT2D eigenvalue weighted by Crippen LogP contribution is 2.34. The van der Waals surface area contributed by atoms with E-state index in [-0.39, 0.29) is 5.97 Å². The van der Waals surface area contributed by atoms with Gasteiger partial charge in [0.2, 0.25) is 0 Å². The summed E-state index contributed by atoms with van der Waals surface area (Å²) in [4.78, 5) is 25.1. The standard InChI is InChI=1S/C17H18N4O4S/c1-23-13-6-11-12(7-14(13)24-2)19-9-20-16(11)21-17-18-8-10(26-17)4-5-15(22)25-3/h6-9H,4-5H2,1-3H3,(H,18,19,20,21). The van der Waals surface area contributed by atoms with Crippen LogP contribution in [0.2, 0.25) is 0 Å². The number of thiazole rings is 1. The first-order valence-corrected chi connectivity index (χ1v) is 8.61. The summed E-state index contributed by atoms with van der Waals surface area (Å²) in [7, 11) is 4.54. The van der Waals surface area contributed by atoms with Crippen LogP contribution in [-0.4, -0.2) is 42.3 Å². The normalized spacial score (nSPS) is 10.6. The molecule has 9 heteroatoms. The number of nitrogens with one attached hydrogen (secondary N) is 1. The number of nitrogens with zero attached hydrogens (tertiary/aromatic N) is 3. The Morgan fingerprint density at radius 1 is 1.12 bits per heavy atom. The summed E-state index contributed by atoms with van der Waals surface area (Å²) in [6.07, 6.45) is 4.12. The number of fused-ring (bicyclic) bond motifs is 1. The molecule has 0 aliphatic carbocycles. The summed E-state index contributed by atoms with van der Waals surface area (Å²) in [5.41, 5.74) is 0.725. The molecule has 3 rings (SSSR count). The lowest BCUT2D eigenvalue weighted by Crippen LogP contribution is -2.00. The molecule has 0 unspecified atom stereocenters. The van der Waals surface area contributed by atoms with Crippen LogP contribution in [0.4, 0.5) is 10.9 Å². The van der Waals surface area contributed by atoms with Crippen LogP contribution < -0.4 is 14.8 Å². The Kier molecular flexibility index (Phi) is 5.47. The van der Waals surface area contributed by atoms with E-state index in [9.17, 15) is 4.79 Å². The lowest BCUT2D eigenvalue weighted by Gasteiger charge is -2.11. The second-order valence-corrected chi connectivity index (χ2v) is 6.39. The topological polar surface area (TPSA) is 95.5 Å². The highest BCUT2D eigenvalue weighted by atomic mass is 32.1. The third kappa shape index (κ3) is 3.83. The fraction of sp³-hybridized carbons (Fsp3) is 0.294. The molecule has 0 saturated heterocycles. The third-order valence-electron chi connectivity index (χ3n) is 3.72. The van der Waals surface area contributed by atoms with Gasteiger partial charge in [-0.1, -0.05) is 0 Å². The predicted octanol–water partition coefficient (Wildman–Crippen LogP) is 2.95. The average molecular weight is 374 g/mol. The Balaban J connectivity index is 1.85. The van der Waals surface area contributed by atoms with Crippen molar-refractivity contribution in [3.05, 3.63) is 29.5 Å². The van der Waals surface area contributed by atoms with Crippen molar-refractivity contribution in [1.29, 1.82) is 0 Å². The SMILES string of the molecule is COC(=O)CCc1cnc(Nc2ncnc3cc(OC)c(OC)cc23)s1. The van der Waals surface area contributed by atoms with Crippen molar-refractivity contribution in [3.63, 3.8) is 0 Å². The first-order valence-electron chi connectivity index (χ1n) is 7.80. The van der Waals surface area contributed by atoms with Gasteiger partial charge in [0.15, 0.2) is 16.6 Å². The maximum absolute atomic E-state index is 11.2. The van der Waals surface area contributed by atoms with E-state index in [1.165, 1.54) is 24.8 Å². The van der Waals surface area contributed by atoms with Gasteiger partial charge in [-0.2, -0.15) is 0 Å². The van der Waals surface area contributed by atoms with Crippen LogP contribution in [-0.2, 0) is 16.0 Å². The maximum Gasteiger partial charge on any atom is 0.305 e. The number of rotatable bonds is 7. The highest BCUT2D eigenvalue weighted by Gasteiger charge is 2.12. The minimum Gasteiger partial charge on any atom is -0.493 e. The lowest BCUT2D eigenvalue weighted by molar-refractivity contribution is -0.140. The number of hydrogen-bond donors (Lipinski definition) is 1. The molecule has 26 heavy (non-hydrogen) atoms. The number of hydrogen-bond acceptors (Lipinski definition) is 9. The fourth-order valence-corrected chi connectivity index (χ4v) is 3.20. The van der Waals surface area contributed by atoms with E-state index in [2.05, 4.69) is 25.0 Å². The monoisotopic (exact) mass is 374 g/mol. The van der Waals surface area contributed by atoms with Gasteiger partial charge in [0.1, 0.15) is 12.1 Å². The van der Waals surface area contributed by atoms with Gasteiger partial charge < -0.3 is 19.5 Å². The van der Waals surface area contributed by atoms with Crippen LogP contribution in [0.3, 0.4) is 0 Å². The van der Waals surface area contributed by atoms with Gasteiger partial charge >= 0.3 is 5.97 Å². The molecule has 8 nitrogen and oxygen atoms in total. The molecule has 0 fully saturated rings. The molecule has 0 bridgehead atoms. The third-order valence-corrected chi connectivity index (χ3v) is 4.70. The van der Waals surface area contributed by atoms with Crippen molar-refractivity contribution < 1.29 is 19.0 Å². The van der Waals surface area contributed by atoms with E-state index >= 15 is 0 Å². The summed E-state index contributed by atoms with van der Waals surface area (Å²) in [6.45, 7) is 0. The van der Waals surface area contributed by atoms with Gasteiger partial charge in [0, 0.05) is 22.5 Å². The minimum atomic E-state index is -0.240. The van der Waals surface area contributed by atoms with Gasteiger partial charge in [-0.3, -0.25) is 4.79 Å². The second-order valence-electron chi connectivity index (χ2n) is 5.28. The zero-order chi connectivity index (χ0) is 18.5. The number of methoxy groups -OCH3 is 3. The molecular formula is C17H18N4O4S. The number of benzene rings is 1. The fourth-order valence-electron chi connectivity index (χ4n) is 2.39. The number of esters is 1. The molecule has 0 saturated carbocycles. The molecule has 0 aliphatic heterocycles. The molecule has 2 aromatic heterocycles. The van der Waals surface area contributed by atoms with Crippen LogP contribution in [0.5, 0.6) is 11.5 Å². The van der Waals surface area contributed by atoms with E-state index in [1.54, 1.807) is 26.5 Å². The molecule has 1 N–H and O–H groups in total. The Hall–Kier alpha value is -2.94. The number of carbonyl (C=O) groups is 1. The molecule has 136 valence electrons. The molecule has 0 atom stereocenters. The van der Waals surface area contributed by atoms with Crippen LogP contribution >= 0.6 is 11.3 Å². The molecule has 0 spiro atoms. The lowest BCUT2D eigenvalue weighted by atomic mass is 10.2. The zero-order valence-corrected chi connectivity index (χ0v) is 15.4. The molecular weight excluding hydrogens is 356 g/mol. The second kappa shape index (κ2) is 7.96. The summed E-state index contributed by atoms with van der Waals surface area (Å²) < 4.78 is 15.3. The Labute approximate surface area is 154 Å². The van der Waals surface area contributed by atoms with Crippen molar-refractivity contribution in [3.8, 4) is 11.5 Å². The Morgan fingerprint density at radius 3 is 2.62 bits per heavy atom. The van der Waals surface area contributed by atoms with E-state index < -0.39 is 0 Å². The number of carbonyl (C=O) groups excluding carboxylic acids is 1. The van der Waals surface area contributed by atoms with E-state index in [1.807, 2.05) is 6.07 Å². The van der Waals surface area contributed by atoms with Crippen molar-refractivity contribution >= 4 is 39.2 Å². The molecule has 2 heterocycles. The average Bonchev–Trinajstić information content (AvgIpc) is 3.12. The van der Waals surface area contributed by atoms with Gasteiger partial charge in [-0.25, -0.2) is 15.0 Å². The van der Waals surface area contributed by atoms with Crippen molar-refractivity contribution in [1.82, 2.24) is 15.0 Å². The minimum absolute atomic E-state index is 0.240. The molecule has 0 amide bonds. The number of ether oxygens (including phenoxy) is 3. The van der Waals surface area contributed by atoms with E-state index in [0.29, 0.717) is 35.3 Å². The Bertz CT molecular complexity index is 928. The van der Waals surface area contributed by atoms with Gasteiger partial charge in [0.25, 0.3) is 0 Å². The van der Waals surface area contributed by atoms with Crippen molar-refractivity contribution in [2.45, 2.75) is 12.8 Å². The maximum atomic E-state index is 11.2. The zero-order valence-electron chi connectivity index (χ0n) is 14.6. The summed E-state index contributed by atoms with van der Waals surface area (Å²) in [5, 5.41) is 4.67. The summed E-state index contributed by atoms with van der Waals surface area (Å²) in [6, 6.07) is 3.62. The van der Waals surface area contributed by atoms with Crippen LogP contribution in [0.1, 0.15) is 11.3 Å². The Morgan fingerprint density at radius 2 is 1.88 bits per heavy atom. The van der Waals surface area contributed by atoms with E-state index in [4.69, 9.17) is 9.47 Å². The quantitative estimate of drug-likeness (QED) is 0.631. The molecule has 0 radical (unpaired) electrons. The summed E-state index contributed by atoms with van der Waals surface area (Å²) >= 11 is 1.46. The summed E-state index contributed by atoms with van der Waals surface area (Å²) in [5.74, 6) is 1.57. The number of anilines is 2. The first kappa shape index (κ1) is 17.9. The van der Waals surface area contributed by atoms with Crippen LogP contribution in [0.15, 0.2) is 24.7 Å². The van der Waals surface area contributed by atoms with Gasteiger partial charge in [-0.15, -0.1) is 11.3 Å². The predicted molar refractivity (Wildman–Crippen MR) is 98.4 cm³/mol. The first-order chi connectivity index (χ1) is 12.6. The van der Waals surface area contributed by atoms with E-state index in [0.717, 1.165) is 15.8 Å². The highest BCUT2D eigenvalue weighted by molar-refractivity contribution is 7.15. The largest absolute Gasteiger partial charge is 0.493 e. The van der Waals surface area contributed by atoms with Crippen LogP contribution in [0, 0.1) is 0 Å². The van der Waals surface area contributed by atoms with Gasteiger partial charge in [0.05, 0.1) is 33.3 Å². The molecule has 0 aliphatic rings. The number of aromatic nitrogens is 3. The number of aryl methyl sites for hydroxylation is 1. The molecule has 3 aromatic rings.